The smallest absolute Gasteiger partial charge is 0.339 e. The van der Waals surface area contributed by atoms with Crippen molar-refractivity contribution in [1.82, 2.24) is 9.71 Å². The van der Waals surface area contributed by atoms with Gasteiger partial charge in [0.05, 0.1) is 33.3 Å². The molecule has 0 amide bonds. The number of nitrogens with one attached hydrogen (secondary N) is 2. The average Bonchev–Trinajstić information content (AvgIpc) is 3.00. The molecule has 0 aliphatic rings. The number of methoxy groups -OCH3 is 1. The minimum absolute atomic E-state index is 0.0376. The van der Waals surface area contributed by atoms with Crippen LogP contribution in [0.5, 0.6) is 0 Å². The Bertz CT molecular complexity index is 1110. The topological polar surface area (TPSA) is 132 Å². The first kappa shape index (κ1) is 23.9. The van der Waals surface area contributed by atoms with Gasteiger partial charge in [0.25, 0.3) is 0 Å². The van der Waals surface area contributed by atoms with Crippen LogP contribution in [0.15, 0.2) is 23.1 Å². The van der Waals surface area contributed by atoms with E-state index in [1.165, 1.54) is 19.2 Å². The molecule has 0 spiro atoms. The summed E-state index contributed by atoms with van der Waals surface area (Å²) in [4.78, 5) is 38.5. The van der Waals surface area contributed by atoms with E-state index in [1.807, 2.05) is 4.72 Å². The number of Topliss-reactive ketones (excluding diaryl/α,β-unsaturated/α-hetero) is 1. The highest BCUT2D eigenvalue weighted by molar-refractivity contribution is 7.89. The number of esters is 2. The van der Waals surface area contributed by atoms with E-state index in [1.54, 1.807) is 13.8 Å². The highest BCUT2D eigenvalue weighted by atomic mass is 35.5. The second-order valence-electron chi connectivity index (χ2n) is 6.10. The maximum atomic E-state index is 12.3. The van der Waals surface area contributed by atoms with Crippen LogP contribution in [0.25, 0.3) is 0 Å². The lowest BCUT2D eigenvalue weighted by Gasteiger charge is -2.08. The van der Waals surface area contributed by atoms with Gasteiger partial charge in [0.2, 0.25) is 15.8 Å². The van der Waals surface area contributed by atoms with Crippen molar-refractivity contribution in [3.05, 3.63) is 50.8 Å². The van der Waals surface area contributed by atoms with Crippen LogP contribution in [0.1, 0.15) is 32.1 Å². The molecule has 1 aromatic heterocycles. The predicted molar refractivity (Wildman–Crippen MR) is 109 cm³/mol. The fourth-order valence-electron chi connectivity index (χ4n) is 2.59. The molecule has 2 N–H and O–H groups in total. The highest BCUT2D eigenvalue weighted by Gasteiger charge is 2.23. The molecule has 0 bridgehead atoms. The summed E-state index contributed by atoms with van der Waals surface area (Å²) in [6.07, 6.45) is 0. The summed E-state index contributed by atoms with van der Waals surface area (Å²) in [6.45, 7) is 1.80. The normalized spacial score (nSPS) is 11.2. The third kappa shape index (κ3) is 5.39. The highest BCUT2D eigenvalue weighted by Crippen LogP contribution is 2.24. The second kappa shape index (κ2) is 9.61. The number of sulfonamides is 1. The molecule has 9 nitrogen and oxygen atoms in total. The number of aromatic amines is 1. The molecule has 0 saturated carbocycles. The summed E-state index contributed by atoms with van der Waals surface area (Å²) in [7, 11) is -2.82. The zero-order valence-corrected chi connectivity index (χ0v) is 18.5. The van der Waals surface area contributed by atoms with Crippen LogP contribution >= 0.6 is 23.2 Å². The fourth-order valence-corrected chi connectivity index (χ4v) is 3.95. The van der Waals surface area contributed by atoms with Crippen LogP contribution in [-0.4, -0.2) is 51.4 Å². The quantitative estimate of drug-likeness (QED) is 0.441. The molecule has 0 saturated heterocycles. The fraction of sp³-hybridized carbons (Fsp3) is 0.278. The maximum absolute atomic E-state index is 12.3. The van der Waals surface area contributed by atoms with Crippen LogP contribution in [0.4, 0.5) is 0 Å². The van der Waals surface area contributed by atoms with Gasteiger partial charge in [-0.25, -0.2) is 13.2 Å². The number of aryl methyl sites for hydroxylation is 1. The second-order valence-corrected chi connectivity index (χ2v) is 8.68. The van der Waals surface area contributed by atoms with Gasteiger partial charge >= 0.3 is 11.9 Å². The van der Waals surface area contributed by atoms with Crippen molar-refractivity contribution in [1.29, 1.82) is 0 Å². The number of benzene rings is 1. The number of rotatable bonds is 8. The van der Waals surface area contributed by atoms with Crippen LogP contribution < -0.4 is 4.72 Å². The zero-order chi connectivity index (χ0) is 22.6. The van der Waals surface area contributed by atoms with Crippen LogP contribution in [0, 0.1) is 13.8 Å². The first-order valence-corrected chi connectivity index (χ1v) is 10.6. The molecular weight excluding hydrogens is 459 g/mol. The molecule has 0 fully saturated rings. The Labute approximate surface area is 182 Å². The lowest BCUT2D eigenvalue weighted by Crippen LogP contribution is -2.31. The number of carbonyl (C=O) groups excluding carboxylic acids is 3. The van der Waals surface area contributed by atoms with E-state index in [-0.39, 0.29) is 26.2 Å². The van der Waals surface area contributed by atoms with Crippen molar-refractivity contribution in [2.45, 2.75) is 18.7 Å². The van der Waals surface area contributed by atoms with Crippen LogP contribution in [-0.2, 0) is 24.3 Å². The zero-order valence-electron chi connectivity index (χ0n) is 16.2. The van der Waals surface area contributed by atoms with Gasteiger partial charge in [-0.2, -0.15) is 4.72 Å². The Morgan fingerprint density at radius 1 is 1.13 bits per heavy atom. The van der Waals surface area contributed by atoms with Crippen molar-refractivity contribution in [3.63, 3.8) is 0 Å². The monoisotopic (exact) mass is 476 g/mol. The van der Waals surface area contributed by atoms with Gasteiger partial charge in [0.15, 0.2) is 6.61 Å². The average molecular weight is 477 g/mol. The molecule has 0 aliphatic carbocycles. The number of ether oxygens (including phenoxy) is 2. The molecule has 1 heterocycles. The molecule has 2 aromatic rings. The van der Waals surface area contributed by atoms with E-state index < -0.39 is 40.9 Å². The van der Waals surface area contributed by atoms with Crippen molar-refractivity contribution in [3.8, 4) is 0 Å². The van der Waals surface area contributed by atoms with Crippen LogP contribution in [0.3, 0.4) is 0 Å². The van der Waals surface area contributed by atoms with Crippen molar-refractivity contribution in [2.24, 2.45) is 0 Å². The number of hydrogen-bond donors (Lipinski definition) is 2. The lowest BCUT2D eigenvalue weighted by atomic mass is 10.1. The Morgan fingerprint density at radius 2 is 1.80 bits per heavy atom. The van der Waals surface area contributed by atoms with Gasteiger partial charge in [-0.15, -0.1) is 0 Å². The molecule has 0 radical (unpaired) electrons. The van der Waals surface area contributed by atoms with Gasteiger partial charge in [-0.05, 0) is 37.6 Å². The summed E-state index contributed by atoms with van der Waals surface area (Å²) in [5, 5.41) is 0.217. The third-order valence-corrected chi connectivity index (χ3v) is 6.22. The largest absolute Gasteiger partial charge is 0.465 e. The summed E-state index contributed by atoms with van der Waals surface area (Å²) < 4.78 is 35.9. The first-order chi connectivity index (χ1) is 14.0. The Morgan fingerprint density at radius 3 is 2.40 bits per heavy atom. The number of hydrogen-bond acceptors (Lipinski definition) is 7. The molecule has 0 unspecified atom stereocenters. The number of ketones is 1. The first-order valence-electron chi connectivity index (χ1n) is 8.39. The third-order valence-electron chi connectivity index (χ3n) is 4.08. The summed E-state index contributed by atoms with van der Waals surface area (Å²) >= 11 is 11.5. The van der Waals surface area contributed by atoms with E-state index in [4.69, 9.17) is 27.9 Å². The molecule has 30 heavy (non-hydrogen) atoms. The van der Waals surface area contributed by atoms with Gasteiger partial charge in [0, 0.05) is 5.69 Å². The number of halogens is 2. The summed E-state index contributed by atoms with van der Waals surface area (Å²) in [5.74, 6) is -2.17. The van der Waals surface area contributed by atoms with Crippen molar-refractivity contribution in [2.75, 3.05) is 20.3 Å². The molecule has 2 rings (SSSR count). The van der Waals surface area contributed by atoms with E-state index in [9.17, 15) is 22.8 Å². The molecule has 0 atom stereocenters. The van der Waals surface area contributed by atoms with E-state index in [0.717, 1.165) is 6.07 Å². The van der Waals surface area contributed by atoms with Crippen molar-refractivity contribution >= 4 is 50.9 Å². The van der Waals surface area contributed by atoms with E-state index in [2.05, 4.69) is 9.72 Å². The SMILES string of the molecule is COC(=O)c1c(C)[nH]c(C(=O)COC(=O)CNS(=O)(=O)c2ccc(Cl)c(Cl)c2)c1C. The number of carbonyl (C=O) groups is 3. The number of H-pyrrole nitrogens is 1. The van der Waals surface area contributed by atoms with Crippen molar-refractivity contribution < 1.29 is 32.3 Å². The molecule has 12 heteroatoms. The Kier molecular flexibility index (Phi) is 7.64. The lowest BCUT2D eigenvalue weighted by molar-refractivity contribution is -0.141. The Hall–Kier alpha value is -2.40. The van der Waals surface area contributed by atoms with E-state index >= 15 is 0 Å². The van der Waals surface area contributed by atoms with Gasteiger partial charge in [-0.3, -0.25) is 9.59 Å². The maximum Gasteiger partial charge on any atom is 0.339 e. The molecular formula is C18H18Cl2N2O7S. The van der Waals surface area contributed by atoms with Gasteiger partial charge in [0.1, 0.15) is 6.54 Å². The summed E-state index contributed by atoms with van der Waals surface area (Å²) in [5.41, 5.74) is 1.11. The van der Waals surface area contributed by atoms with Gasteiger partial charge < -0.3 is 14.5 Å². The molecule has 1 aromatic carbocycles. The summed E-state index contributed by atoms with van der Waals surface area (Å²) in [6, 6.07) is 3.66. The van der Waals surface area contributed by atoms with E-state index in [0.29, 0.717) is 11.3 Å². The Balaban J connectivity index is 1.97. The standard InChI is InChI=1S/C18H18Cl2N2O7S/c1-9-16(18(25)28-3)10(2)22-17(9)14(23)8-29-15(24)7-21-30(26,27)11-4-5-12(19)13(20)6-11/h4-6,21-22H,7-8H2,1-3H3. The number of aromatic nitrogens is 1. The van der Waals surface area contributed by atoms with Crippen LogP contribution in [0.2, 0.25) is 10.0 Å². The van der Waals surface area contributed by atoms with Gasteiger partial charge in [-0.1, -0.05) is 23.2 Å². The molecule has 0 aliphatic heterocycles. The predicted octanol–water partition coefficient (Wildman–Crippen LogP) is 2.43. The molecule has 162 valence electrons. The minimum Gasteiger partial charge on any atom is -0.465 e. The minimum atomic E-state index is -4.04.